The zero-order valence-corrected chi connectivity index (χ0v) is 9.41. The van der Waals surface area contributed by atoms with Crippen LogP contribution < -0.4 is 0 Å². The number of H-pyrrole nitrogens is 1. The van der Waals surface area contributed by atoms with Crippen LogP contribution in [-0.2, 0) is 6.42 Å². The zero-order valence-electron chi connectivity index (χ0n) is 7.83. The van der Waals surface area contributed by atoms with Crippen molar-refractivity contribution in [2.75, 3.05) is 5.33 Å². The van der Waals surface area contributed by atoms with Crippen molar-refractivity contribution in [3.63, 3.8) is 0 Å². The van der Waals surface area contributed by atoms with Crippen LogP contribution in [0.1, 0.15) is 16.1 Å². The van der Waals surface area contributed by atoms with E-state index in [1.165, 1.54) is 0 Å². The standard InChI is InChI=1S/C10H9BrN2O2/c11-4-3-6-1-2-7-8(5-6)12-13-9(7)10(14)15/h1-2,5H,3-4H2,(H,12,13)(H,14,15). The molecule has 0 bridgehead atoms. The van der Waals surface area contributed by atoms with Gasteiger partial charge in [0.15, 0.2) is 5.69 Å². The van der Waals surface area contributed by atoms with E-state index in [2.05, 4.69) is 26.1 Å². The predicted molar refractivity (Wildman–Crippen MR) is 60.6 cm³/mol. The summed E-state index contributed by atoms with van der Waals surface area (Å²) in [6.07, 6.45) is 0.914. The fourth-order valence-electron chi connectivity index (χ4n) is 1.49. The number of benzene rings is 1. The molecule has 2 N–H and O–H groups in total. The highest BCUT2D eigenvalue weighted by Crippen LogP contribution is 2.18. The zero-order chi connectivity index (χ0) is 10.8. The van der Waals surface area contributed by atoms with Gasteiger partial charge in [0.25, 0.3) is 0 Å². The van der Waals surface area contributed by atoms with Gasteiger partial charge in [-0.2, -0.15) is 5.10 Å². The first kappa shape index (κ1) is 10.2. The van der Waals surface area contributed by atoms with Gasteiger partial charge in [0.1, 0.15) is 0 Å². The lowest BCUT2D eigenvalue weighted by Crippen LogP contribution is -1.96. The Morgan fingerprint density at radius 3 is 3.00 bits per heavy atom. The second-order valence-electron chi connectivity index (χ2n) is 3.20. The fraction of sp³-hybridized carbons (Fsp3) is 0.200. The van der Waals surface area contributed by atoms with E-state index in [0.717, 1.165) is 22.8 Å². The van der Waals surface area contributed by atoms with Crippen molar-refractivity contribution in [2.45, 2.75) is 6.42 Å². The normalized spacial score (nSPS) is 10.7. The molecule has 0 aliphatic carbocycles. The first-order chi connectivity index (χ1) is 7.22. The van der Waals surface area contributed by atoms with E-state index in [1.54, 1.807) is 6.07 Å². The quantitative estimate of drug-likeness (QED) is 0.839. The Hall–Kier alpha value is -1.36. The van der Waals surface area contributed by atoms with Gasteiger partial charge >= 0.3 is 5.97 Å². The molecule has 78 valence electrons. The average molecular weight is 269 g/mol. The van der Waals surface area contributed by atoms with Crippen molar-refractivity contribution in [1.29, 1.82) is 0 Å². The second kappa shape index (κ2) is 4.02. The molecular formula is C10H9BrN2O2. The van der Waals surface area contributed by atoms with Gasteiger partial charge in [0.05, 0.1) is 5.52 Å². The van der Waals surface area contributed by atoms with E-state index in [0.29, 0.717) is 5.39 Å². The summed E-state index contributed by atoms with van der Waals surface area (Å²) in [6.45, 7) is 0. The monoisotopic (exact) mass is 268 g/mol. The fourth-order valence-corrected chi connectivity index (χ4v) is 1.95. The Kier molecular flexibility index (Phi) is 2.73. The van der Waals surface area contributed by atoms with Crippen LogP contribution in [0.15, 0.2) is 18.2 Å². The third-order valence-electron chi connectivity index (χ3n) is 2.21. The molecule has 1 heterocycles. The van der Waals surface area contributed by atoms with Gasteiger partial charge in [-0.15, -0.1) is 0 Å². The molecular weight excluding hydrogens is 260 g/mol. The van der Waals surface area contributed by atoms with Crippen molar-refractivity contribution in [2.24, 2.45) is 0 Å². The molecule has 0 aliphatic heterocycles. The Labute approximate surface area is 94.4 Å². The summed E-state index contributed by atoms with van der Waals surface area (Å²) in [5.74, 6) is -1.01. The van der Waals surface area contributed by atoms with E-state index in [9.17, 15) is 4.79 Å². The number of aromatic carboxylic acids is 1. The maximum absolute atomic E-state index is 10.8. The number of carboxylic acids is 1. The number of hydrogen-bond donors (Lipinski definition) is 2. The molecule has 0 aliphatic rings. The summed E-state index contributed by atoms with van der Waals surface area (Å²) in [7, 11) is 0. The largest absolute Gasteiger partial charge is 0.476 e. The van der Waals surface area contributed by atoms with Crippen molar-refractivity contribution >= 4 is 32.8 Å². The predicted octanol–water partition coefficient (Wildman–Crippen LogP) is 2.20. The van der Waals surface area contributed by atoms with Crippen molar-refractivity contribution in [1.82, 2.24) is 10.2 Å². The Bertz CT molecular complexity index is 507. The second-order valence-corrected chi connectivity index (χ2v) is 3.99. The summed E-state index contributed by atoms with van der Waals surface area (Å²) < 4.78 is 0. The number of carbonyl (C=O) groups is 1. The molecule has 2 rings (SSSR count). The molecule has 2 aromatic rings. The number of aromatic amines is 1. The van der Waals surface area contributed by atoms with Crippen LogP contribution in [0.25, 0.3) is 10.9 Å². The maximum Gasteiger partial charge on any atom is 0.357 e. The summed E-state index contributed by atoms with van der Waals surface area (Å²) in [6, 6.07) is 5.64. The van der Waals surface area contributed by atoms with E-state index in [1.807, 2.05) is 12.1 Å². The number of rotatable bonds is 3. The van der Waals surface area contributed by atoms with E-state index >= 15 is 0 Å². The topological polar surface area (TPSA) is 66.0 Å². The Balaban J connectivity index is 2.51. The first-order valence-electron chi connectivity index (χ1n) is 4.48. The lowest BCUT2D eigenvalue weighted by Gasteiger charge is -1.97. The van der Waals surface area contributed by atoms with Crippen molar-refractivity contribution < 1.29 is 9.90 Å². The lowest BCUT2D eigenvalue weighted by molar-refractivity contribution is 0.0692. The number of nitrogens with zero attached hydrogens (tertiary/aromatic N) is 1. The molecule has 0 amide bonds. The number of alkyl halides is 1. The minimum Gasteiger partial charge on any atom is -0.476 e. The lowest BCUT2D eigenvalue weighted by atomic mass is 10.1. The summed E-state index contributed by atoms with van der Waals surface area (Å²) in [5.41, 5.74) is 2.00. The molecule has 0 saturated carbocycles. The van der Waals surface area contributed by atoms with E-state index < -0.39 is 5.97 Å². The van der Waals surface area contributed by atoms with Gasteiger partial charge in [0.2, 0.25) is 0 Å². The van der Waals surface area contributed by atoms with E-state index in [4.69, 9.17) is 5.11 Å². The van der Waals surface area contributed by atoms with Crippen molar-refractivity contribution in [3.8, 4) is 0 Å². The summed E-state index contributed by atoms with van der Waals surface area (Å²) >= 11 is 3.36. The molecule has 0 atom stereocenters. The first-order valence-corrected chi connectivity index (χ1v) is 5.61. The minimum atomic E-state index is -1.01. The number of fused-ring (bicyclic) bond motifs is 1. The van der Waals surface area contributed by atoms with Gasteiger partial charge in [-0.25, -0.2) is 4.79 Å². The van der Waals surface area contributed by atoms with Crippen LogP contribution >= 0.6 is 15.9 Å². The molecule has 1 aromatic carbocycles. The minimum absolute atomic E-state index is 0.0791. The van der Waals surface area contributed by atoms with Crippen LogP contribution in [0.2, 0.25) is 0 Å². The van der Waals surface area contributed by atoms with E-state index in [-0.39, 0.29) is 5.69 Å². The molecule has 0 unspecified atom stereocenters. The number of aryl methyl sites for hydroxylation is 1. The van der Waals surface area contributed by atoms with Gasteiger partial charge in [-0.1, -0.05) is 28.1 Å². The maximum atomic E-state index is 10.8. The van der Waals surface area contributed by atoms with Crippen LogP contribution in [0.5, 0.6) is 0 Å². The molecule has 0 radical (unpaired) electrons. The van der Waals surface area contributed by atoms with Gasteiger partial charge in [-0.05, 0) is 18.1 Å². The third-order valence-corrected chi connectivity index (χ3v) is 2.61. The summed E-state index contributed by atoms with van der Waals surface area (Å²) in [5, 5.41) is 16.9. The highest BCUT2D eigenvalue weighted by molar-refractivity contribution is 9.09. The van der Waals surface area contributed by atoms with Crippen LogP contribution in [-0.4, -0.2) is 26.6 Å². The number of halogens is 1. The molecule has 0 spiro atoms. The van der Waals surface area contributed by atoms with Crippen LogP contribution in [0, 0.1) is 0 Å². The van der Waals surface area contributed by atoms with Gasteiger partial charge < -0.3 is 5.11 Å². The molecule has 1 aromatic heterocycles. The highest BCUT2D eigenvalue weighted by atomic mass is 79.9. The molecule has 5 heteroatoms. The number of carboxylic acid groups (broad SMARTS) is 1. The van der Waals surface area contributed by atoms with Crippen LogP contribution in [0.3, 0.4) is 0 Å². The van der Waals surface area contributed by atoms with Gasteiger partial charge in [-0.3, -0.25) is 5.10 Å². The SMILES string of the molecule is O=C(O)c1n[nH]c2cc(CCBr)ccc12. The molecule has 0 saturated heterocycles. The average Bonchev–Trinajstić information content (AvgIpc) is 2.61. The molecule has 4 nitrogen and oxygen atoms in total. The number of aromatic nitrogens is 2. The smallest absolute Gasteiger partial charge is 0.357 e. The molecule has 15 heavy (non-hydrogen) atoms. The van der Waals surface area contributed by atoms with Crippen LogP contribution in [0.4, 0.5) is 0 Å². The van der Waals surface area contributed by atoms with Gasteiger partial charge in [0, 0.05) is 10.7 Å². The number of nitrogens with one attached hydrogen (secondary N) is 1. The number of hydrogen-bond acceptors (Lipinski definition) is 2. The Morgan fingerprint density at radius 2 is 2.33 bits per heavy atom. The third kappa shape index (κ3) is 1.87. The van der Waals surface area contributed by atoms with Crippen molar-refractivity contribution in [3.05, 3.63) is 29.5 Å². The Morgan fingerprint density at radius 1 is 1.53 bits per heavy atom. The highest BCUT2D eigenvalue weighted by Gasteiger charge is 2.12. The summed E-state index contributed by atoms with van der Waals surface area (Å²) in [4.78, 5) is 10.8. The molecule has 0 fully saturated rings.